The van der Waals surface area contributed by atoms with Gasteiger partial charge in [-0.2, -0.15) is 0 Å². The number of carboxylic acids is 1. The zero-order valence-corrected chi connectivity index (χ0v) is 10.4. The molecule has 4 N–H and O–H groups in total. The Morgan fingerprint density at radius 1 is 1.37 bits per heavy atom. The number of anilines is 1. The van der Waals surface area contributed by atoms with Crippen LogP contribution >= 0.6 is 0 Å². The molecular formula is C13H14N2O4. The topological polar surface area (TPSA) is 98.7 Å². The molecule has 0 unspecified atom stereocenters. The van der Waals surface area contributed by atoms with Crippen molar-refractivity contribution in [2.45, 2.75) is 13.3 Å². The second-order valence-electron chi connectivity index (χ2n) is 3.59. The van der Waals surface area contributed by atoms with Crippen LogP contribution in [0.5, 0.6) is 5.75 Å². The van der Waals surface area contributed by atoms with Gasteiger partial charge in [-0.3, -0.25) is 0 Å². The van der Waals surface area contributed by atoms with Crippen LogP contribution in [-0.4, -0.2) is 28.8 Å². The maximum absolute atomic E-state index is 11.5. The third-order valence-electron chi connectivity index (χ3n) is 2.20. The first-order chi connectivity index (χ1) is 9.04. The van der Waals surface area contributed by atoms with E-state index in [9.17, 15) is 14.7 Å². The summed E-state index contributed by atoms with van der Waals surface area (Å²) in [6.07, 6.45) is 0.542. The number of benzene rings is 1. The van der Waals surface area contributed by atoms with Crippen molar-refractivity contribution in [3.05, 3.63) is 23.8 Å². The Kier molecular flexibility index (Phi) is 5.23. The van der Waals surface area contributed by atoms with Gasteiger partial charge in [-0.15, -0.1) is 11.8 Å². The fourth-order valence-electron chi connectivity index (χ4n) is 1.32. The molecule has 0 radical (unpaired) electrons. The summed E-state index contributed by atoms with van der Waals surface area (Å²) < 4.78 is 0. The molecular weight excluding hydrogens is 248 g/mol. The number of aromatic hydroxyl groups is 1. The fourth-order valence-corrected chi connectivity index (χ4v) is 1.32. The highest BCUT2D eigenvalue weighted by atomic mass is 16.4. The molecule has 1 aromatic carbocycles. The maximum Gasteiger partial charge on any atom is 0.339 e. The summed E-state index contributed by atoms with van der Waals surface area (Å²) in [5.74, 6) is 3.88. The van der Waals surface area contributed by atoms with Crippen LogP contribution in [0.2, 0.25) is 0 Å². The van der Waals surface area contributed by atoms with E-state index in [1.807, 2.05) is 0 Å². The number of urea groups is 1. The van der Waals surface area contributed by atoms with Gasteiger partial charge in [0.1, 0.15) is 11.3 Å². The third-order valence-corrected chi connectivity index (χ3v) is 2.20. The predicted molar refractivity (Wildman–Crippen MR) is 70.2 cm³/mol. The Hall–Kier alpha value is -2.68. The Labute approximate surface area is 110 Å². The SMILES string of the molecule is CC#CCCNC(=O)Nc1ccc(O)c(C(=O)O)c1. The monoisotopic (exact) mass is 262 g/mol. The van der Waals surface area contributed by atoms with E-state index in [0.717, 1.165) is 0 Å². The second-order valence-corrected chi connectivity index (χ2v) is 3.59. The molecule has 0 bridgehead atoms. The highest BCUT2D eigenvalue weighted by molar-refractivity contribution is 5.95. The quantitative estimate of drug-likeness (QED) is 0.376. The van der Waals surface area contributed by atoms with E-state index in [-0.39, 0.29) is 17.0 Å². The van der Waals surface area contributed by atoms with Crippen LogP contribution in [0.1, 0.15) is 23.7 Å². The van der Waals surface area contributed by atoms with E-state index in [1.54, 1.807) is 6.92 Å². The minimum Gasteiger partial charge on any atom is -0.507 e. The van der Waals surface area contributed by atoms with E-state index < -0.39 is 12.0 Å². The number of nitrogens with one attached hydrogen (secondary N) is 2. The van der Waals surface area contributed by atoms with E-state index in [2.05, 4.69) is 22.5 Å². The first kappa shape index (κ1) is 14.4. The summed E-state index contributed by atoms with van der Waals surface area (Å²) in [7, 11) is 0. The Morgan fingerprint density at radius 2 is 2.11 bits per heavy atom. The molecule has 100 valence electrons. The summed E-state index contributed by atoms with van der Waals surface area (Å²) in [5.41, 5.74) is 0.0175. The maximum atomic E-state index is 11.5. The number of aromatic carboxylic acids is 1. The van der Waals surface area contributed by atoms with Gasteiger partial charge in [-0.05, 0) is 25.1 Å². The molecule has 1 aromatic rings. The van der Waals surface area contributed by atoms with E-state index >= 15 is 0 Å². The minimum atomic E-state index is -1.26. The van der Waals surface area contributed by atoms with Gasteiger partial charge in [0.15, 0.2) is 0 Å². The smallest absolute Gasteiger partial charge is 0.339 e. The average Bonchev–Trinajstić information content (AvgIpc) is 2.36. The van der Waals surface area contributed by atoms with Gasteiger partial charge in [-0.25, -0.2) is 9.59 Å². The first-order valence-corrected chi connectivity index (χ1v) is 5.55. The van der Waals surface area contributed by atoms with Crippen LogP contribution in [0.15, 0.2) is 18.2 Å². The van der Waals surface area contributed by atoms with E-state index in [1.165, 1.54) is 18.2 Å². The standard InChI is InChI=1S/C13H14N2O4/c1-2-3-4-7-14-13(19)15-9-5-6-11(16)10(8-9)12(17)18/h5-6,8,16H,4,7H2,1H3,(H,17,18)(H2,14,15,19). The summed E-state index contributed by atoms with van der Waals surface area (Å²) in [6, 6.07) is 3.35. The Bertz CT molecular complexity index is 543. The number of carbonyl (C=O) groups excluding carboxylic acids is 1. The van der Waals surface area contributed by atoms with Crippen LogP contribution in [0, 0.1) is 11.8 Å². The van der Waals surface area contributed by atoms with Crippen LogP contribution in [0.3, 0.4) is 0 Å². The van der Waals surface area contributed by atoms with Gasteiger partial charge in [0, 0.05) is 18.7 Å². The van der Waals surface area contributed by atoms with Crippen molar-refractivity contribution in [1.82, 2.24) is 5.32 Å². The molecule has 6 heteroatoms. The molecule has 0 aliphatic carbocycles. The molecule has 0 aromatic heterocycles. The zero-order valence-electron chi connectivity index (χ0n) is 10.4. The van der Waals surface area contributed by atoms with Crippen molar-refractivity contribution in [3.63, 3.8) is 0 Å². The minimum absolute atomic E-state index is 0.269. The van der Waals surface area contributed by atoms with Crippen molar-refractivity contribution in [2.75, 3.05) is 11.9 Å². The van der Waals surface area contributed by atoms with Gasteiger partial charge in [0.2, 0.25) is 0 Å². The zero-order chi connectivity index (χ0) is 14.3. The van der Waals surface area contributed by atoms with E-state index in [4.69, 9.17) is 5.11 Å². The molecule has 0 aliphatic heterocycles. The summed E-state index contributed by atoms with van der Waals surface area (Å²) in [4.78, 5) is 22.3. The highest BCUT2D eigenvalue weighted by Gasteiger charge is 2.11. The van der Waals surface area contributed by atoms with Crippen molar-refractivity contribution in [1.29, 1.82) is 0 Å². The fraction of sp³-hybridized carbons (Fsp3) is 0.231. The molecule has 19 heavy (non-hydrogen) atoms. The molecule has 0 atom stereocenters. The molecule has 2 amide bonds. The van der Waals surface area contributed by atoms with Gasteiger partial charge in [0.25, 0.3) is 0 Å². The summed E-state index contributed by atoms with van der Waals surface area (Å²) in [5, 5.41) is 23.2. The van der Waals surface area contributed by atoms with Crippen molar-refractivity contribution in [3.8, 4) is 17.6 Å². The number of carboxylic acid groups (broad SMARTS) is 1. The normalized spacial score (nSPS) is 9.11. The molecule has 0 heterocycles. The molecule has 0 aliphatic rings. The number of hydrogen-bond acceptors (Lipinski definition) is 3. The number of hydrogen-bond donors (Lipinski definition) is 4. The predicted octanol–water partition coefficient (Wildman–Crippen LogP) is 1.63. The Balaban J connectivity index is 2.61. The van der Waals surface area contributed by atoms with Gasteiger partial charge >= 0.3 is 12.0 Å². The van der Waals surface area contributed by atoms with Gasteiger partial charge in [0.05, 0.1) is 0 Å². The van der Waals surface area contributed by atoms with Crippen molar-refractivity contribution >= 4 is 17.7 Å². The second kappa shape index (κ2) is 6.91. The molecule has 0 saturated heterocycles. The summed E-state index contributed by atoms with van der Waals surface area (Å²) in [6.45, 7) is 2.11. The van der Waals surface area contributed by atoms with Crippen molar-refractivity contribution in [2.24, 2.45) is 0 Å². The highest BCUT2D eigenvalue weighted by Crippen LogP contribution is 2.21. The van der Waals surface area contributed by atoms with Crippen LogP contribution in [0.25, 0.3) is 0 Å². The van der Waals surface area contributed by atoms with Gasteiger partial charge < -0.3 is 20.8 Å². The molecule has 0 saturated carbocycles. The molecule has 1 rings (SSSR count). The lowest BCUT2D eigenvalue weighted by Gasteiger charge is -2.07. The molecule has 6 nitrogen and oxygen atoms in total. The lowest BCUT2D eigenvalue weighted by molar-refractivity contribution is 0.0693. The van der Waals surface area contributed by atoms with Gasteiger partial charge in [-0.1, -0.05) is 0 Å². The largest absolute Gasteiger partial charge is 0.507 e. The van der Waals surface area contributed by atoms with Crippen LogP contribution < -0.4 is 10.6 Å². The summed E-state index contributed by atoms with van der Waals surface area (Å²) >= 11 is 0. The van der Waals surface area contributed by atoms with Crippen LogP contribution in [-0.2, 0) is 0 Å². The van der Waals surface area contributed by atoms with Crippen molar-refractivity contribution < 1.29 is 19.8 Å². The number of phenols is 1. The number of carbonyl (C=O) groups is 2. The molecule has 0 fully saturated rings. The third kappa shape index (κ3) is 4.60. The lowest BCUT2D eigenvalue weighted by atomic mass is 10.2. The van der Waals surface area contributed by atoms with Crippen LogP contribution in [0.4, 0.5) is 10.5 Å². The first-order valence-electron chi connectivity index (χ1n) is 5.55. The number of rotatable bonds is 4. The molecule has 0 spiro atoms. The Morgan fingerprint density at radius 3 is 2.74 bits per heavy atom. The lowest BCUT2D eigenvalue weighted by Crippen LogP contribution is -2.29. The average molecular weight is 262 g/mol. The number of amides is 2. The van der Waals surface area contributed by atoms with E-state index in [0.29, 0.717) is 13.0 Å².